The number of hydrogen-bond donors (Lipinski definition) is 0. The predicted octanol–water partition coefficient (Wildman–Crippen LogP) is 3.01. The molecule has 2 heterocycles. The van der Waals surface area contributed by atoms with Crippen LogP contribution in [-0.4, -0.2) is 42.6 Å². The van der Waals surface area contributed by atoms with Gasteiger partial charge in [-0.25, -0.2) is 0 Å². The van der Waals surface area contributed by atoms with Crippen LogP contribution in [0.5, 0.6) is 0 Å². The van der Waals surface area contributed by atoms with Crippen molar-refractivity contribution in [2.24, 2.45) is 5.92 Å². The number of halogens is 1. The van der Waals surface area contributed by atoms with Crippen molar-refractivity contribution in [3.8, 4) is 0 Å². The van der Waals surface area contributed by atoms with Crippen molar-refractivity contribution in [2.75, 3.05) is 26.8 Å². The molecule has 1 aromatic rings. The Hall–Kier alpha value is -1.13. The van der Waals surface area contributed by atoms with Gasteiger partial charge in [-0.1, -0.05) is 11.6 Å². The molecule has 4 nitrogen and oxygen atoms in total. The van der Waals surface area contributed by atoms with E-state index in [0.29, 0.717) is 16.5 Å². The standard InChI is InChI=1S/C15H21ClN2O2/c1-20-10-2-3-12-5-8-18(9-6-12)15(19)13-4-7-17-11-14(13)16/h4,7,11-12H,2-3,5-6,8-10H2,1H3. The Morgan fingerprint density at radius 2 is 2.25 bits per heavy atom. The highest BCUT2D eigenvalue weighted by molar-refractivity contribution is 6.33. The van der Waals surface area contributed by atoms with E-state index < -0.39 is 0 Å². The lowest BCUT2D eigenvalue weighted by Crippen LogP contribution is -2.38. The first kappa shape index (κ1) is 15.3. The first-order valence-electron chi connectivity index (χ1n) is 7.10. The molecule has 0 aliphatic carbocycles. The third-order valence-electron chi connectivity index (χ3n) is 3.87. The van der Waals surface area contributed by atoms with Gasteiger partial charge in [0, 0.05) is 39.2 Å². The van der Waals surface area contributed by atoms with Gasteiger partial charge in [0.2, 0.25) is 0 Å². The van der Waals surface area contributed by atoms with E-state index in [0.717, 1.165) is 39.0 Å². The lowest BCUT2D eigenvalue weighted by Gasteiger charge is -2.32. The van der Waals surface area contributed by atoms with Crippen molar-refractivity contribution in [1.29, 1.82) is 0 Å². The summed E-state index contributed by atoms with van der Waals surface area (Å²) in [6.45, 7) is 2.45. The van der Waals surface area contributed by atoms with Gasteiger partial charge in [-0.3, -0.25) is 9.78 Å². The molecule has 0 unspecified atom stereocenters. The number of hydrogen-bond acceptors (Lipinski definition) is 3. The van der Waals surface area contributed by atoms with E-state index in [4.69, 9.17) is 16.3 Å². The normalized spacial score (nSPS) is 16.4. The molecule has 0 radical (unpaired) electrons. The van der Waals surface area contributed by atoms with Gasteiger partial charge in [0.15, 0.2) is 0 Å². The smallest absolute Gasteiger partial charge is 0.255 e. The molecule has 1 saturated heterocycles. The summed E-state index contributed by atoms with van der Waals surface area (Å²) in [7, 11) is 1.74. The van der Waals surface area contributed by atoms with Crippen LogP contribution in [0.15, 0.2) is 18.5 Å². The van der Waals surface area contributed by atoms with Crippen LogP contribution in [0.3, 0.4) is 0 Å². The zero-order valence-electron chi connectivity index (χ0n) is 11.8. The van der Waals surface area contributed by atoms with Gasteiger partial charge in [-0.15, -0.1) is 0 Å². The molecule has 0 aromatic carbocycles. The molecule has 1 aliphatic heterocycles. The number of amides is 1. The highest BCUT2D eigenvalue weighted by Crippen LogP contribution is 2.24. The SMILES string of the molecule is COCCCC1CCN(C(=O)c2ccncc2Cl)CC1. The molecule has 1 aromatic heterocycles. The molecule has 1 amide bonds. The monoisotopic (exact) mass is 296 g/mol. The molecule has 2 rings (SSSR count). The van der Waals surface area contributed by atoms with Gasteiger partial charge >= 0.3 is 0 Å². The second-order valence-corrected chi connectivity index (χ2v) is 5.63. The van der Waals surface area contributed by atoms with Crippen molar-refractivity contribution < 1.29 is 9.53 Å². The van der Waals surface area contributed by atoms with E-state index in [1.807, 2.05) is 4.90 Å². The summed E-state index contributed by atoms with van der Waals surface area (Å²) in [4.78, 5) is 18.2. The number of carbonyl (C=O) groups is 1. The summed E-state index contributed by atoms with van der Waals surface area (Å²) in [5.74, 6) is 0.731. The molecule has 0 saturated carbocycles. The first-order chi connectivity index (χ1) is 9.72. The molecule has 110 valence electrons. The fourth-order valence-electron chi connectivity index (χ4n) is 2.66. The number of rotatable bonds is 5. The molecule has 1 aliphatic rings. The number of carbonyl (C=O) groups excluding carboxylic acids is 1. The summed E-state index contributed by atoms with van der Waals surface area (Å²) in [6, 6.07) is 1.69. The predicted molar refractivity (Wildman–Crippen MR) is 79.0 cm³/mol. The second-order valence-electron chi connectivity index (χ2n) is 5.23. The van der Waals surface area contributed by atoms with Gasteiger partial charge < -0.3 is 9.64 Å². The number of ether oxygens (including phenoxy) is 1. The van der Waals surface area contributed by atoms with E-state index in [1.54, 1.807) is 19.4 Å². The summed E-state index contributed by atoms with van der Waals surface area (Å²) in [5, 5.41) is 0.430. The Morgan fingerprint density at radius 3 is 2.90 bits per heavy atom. The molecule has 1 fully saturated rings. The number of pyridine rings is 1. The maximum Gasteiger partial charge on any atom is 0.255 e. The quantitative estimate of drug-likeness (QED) is 0.785. The van der Waals surface area contributed by atoms with Gasteiger partial charge in [-0.05, 0) is 37.7 Å². The Bertz CT molecular complexity index is 445. The van der Waals surface area contributed by atoms with Gasteiger partial charge in [0.1, 0.15) is 0 Å². The molecule has 5 heteroatoms. The van der Waals surface area contributed by atoms with Crippen LogP contribution in [-0.2, 0) is 4.74 Å². The maximum atomic E-state index is 12.4. The minimum absolute atomic E-state index is 0.0211. The number of aromatic nitrogens is 1. The van der Waals surface area contributed by atoms with Crippen LogP contribution in [0.1, 0.15) is 36.0 Å². The Kier molecular flexibility index (Phi) is 5.80. The van der Waals surface area contributed by atoms with E-state index >= 15 is 0 Å². The third kappa shape index (κ3) is 3.93. The molecule has 20 heavy (non-hydrogen) atoms. The zero-order valence-corrected chi connectivity index (χ0v) is 12.6. The molecule has 0 bridgehead atoms. The van der Waals surface area contributed by atoms with Crippen LogP contribution < -0.4 is 0 Å². The van der Waals surface area contributed by atoms with Crippen LogP contribution in [0.4, 0.5) is 0 Å². The largest absolute Gasteiger partial charge is 0.385 e. The van der Waals surface area contributed by atoms with Gasteiger partial charge in [0.25, 0.3) is 5.91 Å². The fraction of sp³-hybridized carbons (Fsp3) is 0.600. The van der Waals surface area contributed by atoms with Crippen molar-refractivity contribution in [3.05, 3.63) is 29.0 Å². The summed E-state index contributed by atoms with van der Waals surface area (Å²) in [5.41, 5.74) is 0.555. The Morgan fingerprint density at radius 1 is 1.50 bits per heavy atom. The summed E-state index contributed by atoms with van der Waals surface area (Å²) >= 11 is 6.03. The van der Waals surface area contributed by atoms with Crippen LogP contribution in [0.25, 0.3) is 0 Å². The van der Waals surface area contributed by atoms with Crippen molar-refractivity contribution in [3.63, 3.8) is 0 Å². The topological polar surface area (TPSA) is 42.4 Å². The third-order valence-corrected chi connectivity index (χ3v) is 4.17. The van der Waals surface area contributed by atoms with Crippen molar-refractivity contribution in [1.82, 2.24) is 9.88 Å². The summed E-state index contributed by atoms with van der Waals surface area (Å²) < 4.78 is 5.08. The lowest BCUT2D eigenvalue weighted by atomic mass is 9.92. The molecule has 0 spiro atoms. The molecular weight excluding hydrogens is 276 g/mol. The average Bonchev–Trinajstić information content (AvgIpc) is 2.48. The first-order valence-corrected chi connectivity index (χ1v) is 7.48. The molecule has 0 N–H and O–H groups in total. The minimum atomic E-state index is 0.0211. The molecular formula is C15H21ClN2O2. The number of nitrogens with zero attached hydrogens (tertiary/aromatic N) is 2. The minimum Gasteiger partial charge on any atom is -0.385 e. The van der Waals surface area contributed by atoms with Crippen LogP contribution >= 0.6 is 11.6 Å². The van der Waals surface area contributed by atoms with E-state index in [9.17, 15) is 4.79 Å². The Labute approximate surface area is 125 Å². The van der Waals surface area contributed by atoms with Crippen molar-refractivity contribution >= 4 is 17.5 Å². The van der Waals surface area contributed by atoms with E-state index in [2.05, 4.69) is 4.98 Å². The number of methoxy groups -OCH3 is 1. The molecule has 0 atom stereocenters. The highest BCUT2D eigenvalue weighted by Gasteiger charge is 2.24. The van der Waals surface area contributed by atoms with Gasteiger partial charge in [0.05, 0.1) is 10.6 Å². The maximum absolute atomic E-state index is 12.4. The highest BCUT2D eigenvalue weighted by atomic mass is 35.5. The average molecular weight is 297 g/mol. The second kappa shape index (κ2) is 7.60. The Balaban J connectivity index is 1.85. The van der Waals surface area contributed by atoms with E-state index in [1.165, 1.54) is 12.6 Å². The lowest BCUT2D eigenvalue weighted by molar-refractivity contribution is 0.0681. The van der Waals surface area contributed by atoms with Gasteiger partial charge in [-0.2, -0.15) is 0 Å². The number of likely N-dealkylation sites (tertiary alicyclic amines) is 1. The summed E-state index contributed by atoms with van der Waals surface area (Å²) in [6.07, 6.45) is 7.55. The van der Waals surface area contributed by atoms with Crippen LogP contribution in [0.2, 0.25) is 5.02 Å². The van der Waals surface area contributed by atoms with Crippen molar-refractivity contribution in [2.45, 2.75) is 25.7 Å². The van der Waals surface area contributed by atoms with Crippen LogP contribution in [0, 0.1) is 5.92 Å². The van der Waals surface area contributed by atoms with E-state index in [-0.39, 0.29) is 5.91 Å². The number of piperidine rings is 1. The zero-order chi connectivity index (χ0) is 14.4. The fourth-order valence-corrected chi connectivity index (χ4v) is 2.86.